The maximum absolute atomic E-state index is 5.03. The van der Waals surface area contributed by atoms with E-state index in [1.165, 1.54) is 0 Å². The molecule has 1 N–H and O–H groups in total. The second-order valence-electron chi connectivity index (χ2n) is 4.06. The first-order chi connectivity index (χ1) is 9.40. The number of methoxy groups -OCH3 is 1. The average Bonchev–Trinajstić information content (AvgIpc) is 3.07. The predicted molar refractivity (Wildman–Crippen MR) is 76.7 cm³/mol. The lowest BCUT2D eigenvalue weighted by atomic mass is 10.2. The first-order valence-corrected chi connectivity index (χ1v) is 6.92. The highest BCUT2D eigenvalue weighted by Crippen LogP contribution is 2.26. The minimum absolute atomic E-state index is 0.655. The van der Waals surface area contributed by atoms with Gasteiger partial charge in [0.15, 0.2) is 5.65 Å². The number of thiophene rings is 1. The van der Waals surface area contributed by atoms with Crippen molar-refractivity contribution in [3.05, 3.63) is 35.3 Å². The summed E-state index contributed by atoms with van der Waals surface area (Å²) in [5.41, 5.74) is 3.07. The van der Waals surface area contributed by atoms with Gasteiger partial charge in [0.25, 0.3) is 0 Å². The third-order valence-electron chi connectivity index (χ3n) is 2.85. The fourth-order valence-corrected chi connectivity index (χ4v) is 2.58. The van der Waals surface area contributed by atoms with Crippen LogP contribution in [0.25, 0.3) is 16.8 Å². The second-order valence-corrected chi connectivity index (χ2v) is 4.84. The normalized spacial score (nSPS) is 11.0. The van der Waals surface area contributed by atoms with Crippen molar-refractivity contribution in [2.45, 2.75) is 0 Å². The molecule has 0 bridgehead atoms. The topological polar surface area (TPSA) is 51.5 Å². The SMILES string of the molecule is COCCNc1ccnc2c(-c3ccsc3)cnn12. The first kappa shape index (κ1) is 12.1. The molecule has 0 saturated heterocycles. The summed E-state index contributed by atoms with van der Waals surface area (Å²) in [6.07, 6.45) is 3.65. The van der Waals surface area contributed by atoms with Crippen LogP contribution in [0.5, 0.6) is 0 Å². The Morgan fingerprint density at radius 1 is 1.42 bits per heavy atom. The monoisotopic (exact) mass is 274 g/mol. The summed E-state index contributed by atoms with van der Waals surface area (Å²) in [5.74, 6) is 0.920. The summed E-state index contributed by atoms with van der Waals surface area (Å²) in [5, 5.41) is 11.9. The molecule has 0 saturated carbocycles. The first-order valence-electron chi connectivity index (χ1n) is 5.98. The summed E-state index contributed by atoms with van der Waals surface area (Å²) in [6.45, 7) is 1.39. The summed E-state index contributed by atoms with van der Waals surface area (Å²) in [6, 6.07) is 3.99. The summed E-state index contributed by atoms with van der Waals surface area (Å²) >= 11 is 1.67. The molecule has 0 fully saturated rings. The Balaban J connectivity index is 1.98. The van der Waals surface area contributed by atoms with Crippen LogP contribution in [0.2, 0.25) is 0 Å². The molecule has 19 heavy (non-hydrogen) atoms. The minimum atomic E-state index is 0.655. The van der Waals surface area contributed by atoms with Crippen molar-refractivity contribution in [1.82, 2.24) is 14.6 Å². The Hall–Kier alpha value is -1.92. The number of anilines is 1. The number of aromatic nitrogens is 3. The van der Waals surface area contributed by atoms with Gasteiger partial charge in [-0.05, 0) is 28.5 Å². The van der Waals surface area contributed by atoms with Gasteiger partial charge in [-0.1, -0.05) is 0 Å². The minimum Gasteiger partial charge on any atom is -0.383 e. The van der Waals surface area contributed by atoms with E-state index >= 15 is 0 Å². The lowest BCUT2D eigenvalue weighted by Crippen LogP contribution is -2.11. The number of nitrogens with zero attached hydrogens (tertiary/aromatic N) is 3. The van der Waals surface area contributed by atoms with Crippen LogP contribution in [0.4, 0.5) is 5.82 Å². The molecular weight excluding hydrogens is 260 g/mol. The fraction of sp³-hybridized carbons (Fsp3) is 0.231. The number of hydrogen-bond donors (Lipinski definition) is 1. The number of nitrogens with one attached hydrogen (secondary N) is 1. The van der Waals surface area contributed by atoms with Gasteiger partial charge >= 0.3 is 0 Å². The maximum Gasteiger partial charge on any atom is 0.165 e. The Morgan fingerprint density at radius 2 is 2.37 bits per heavy atom. The fourth-order valence-electron chi connectivity index (χ4n) is 1.93. The molecule has 5 nitrogen and oxygen atoms in total. The van der Waals surface area contributed by atoms with E-state index in [1.807, 2.05) is 16.8 Å². The number of rotatable bonds is 5. The summed E-state index contributed by atoms with van der Waals surface area (Å²) < 4.78 is 6.86. The summed E-state index contributed by atoms with van der Waals surface area (Å²) in [4.78, 5) is 4.42. The zero-order valence-corrected chi connectivity index (χ0v) is 11.4. The number of fused-ring (bicyclic) bond motifs is 1. The van der Waals surface area contributed by atoms with Gasteiger partial charge in [0.05, 0.1) is 12.8 Å². The molecule has 0 aromatic carbocycles. The van der Waals surface area contributed by atoms with Crippen LogP contribution >= 0.6 is 11.3 Å². The van der Waals surface area contributed by atoms with Crippen LogP contribution in [0.3, 0.4) is 0 Å². The molecule has 0 aliphatic heterocycles. The van der Waals surface area contributed by atoms with Crippen molar-refractivity contribution in [2.24, 2.45) is 0 Å². The van der Waals surface area contributed by atoms with Crippen LogP contribution < -0.4 is 5.32 Å². The van der Waals surface area contributed by atoms with E-state index in [-0.39, 0.29) is 0 Å². The molecule has 0 aliphatic carbocycles. The zero-order chi connectivity index (χ0) is 13.1. The van der Waals surface area contributed by atoms with E-state index in [2.05, 4.69) is 32.2 Å². The molecule has 3 rings (SSSR count). The number of ether oxygens (including phenoxy) is 1. The predicted octanol–water partition coefficient (Wildman–Crippen LogP) is 2.52. The van der Waals surface area contributed by atoms with Crippen molar-refractivity contribution in [3.63, 3.8) is 0 Å². The second kappa shape index (κ2) is 5.38. The van der Waals surface area contributed by atoms with Crippen LogP contribution in [-0.4, -0.2) is 34.9 Å². The van der Waals surface area contributed by atoms with Gasteiger partial charge in [-0.2, -0.15) is 21.0 Å². The molecule has 98 valence electrons. The van der Waals surface area contributed by atoms with Gasteiger partial charge in [-0.25, -0.2) is 4.98 Å². The van der Waals surface area contributed by atoms with Gasteiger partial charge < -0.3 is 10.1 Å². The van der Waals surface area contributed by atoms with E-state index in [0.29, 0.717) is 6.61 Å². The van der Waals surface area contributed by atoms with Crippen LogP contribution in [0, 0.1) is 0 Å². The number of hydrogen-bond acceptors (Lipinski definition) is 5. The van der Waals surface area contributed by atoms with Gasteiger partial charge in [-0.3, -0.25) is 0 Å². The third-order valence-corrected chi connectivity index (χ3v) is 3.53. The van der Waals surface area contributed by atoms with Crippen molar-refractivity contribution in [3.8, 4) is 11.1 Å². The van der Waals surface area contributed by atoms with Crippen LogP contribution in [0.15, 0.2) is 35.3 Å². The third kappa shape index (κ3) is 2.32. The maximum atomic E-state index is 5.03. The van der Waals surface area contributed by atoms with E-state index in [0.717, 1.165) is 29.1 Å². The van der Waals surface area contributed by atoms with Gasteiger partial charge in [0, 0.05) is 25.4 Å². The largest absolute Gasteiger partial charge is 0.383 e. The van der Waals surface area contributed by atoms with Crippen molar-refractivity contribution >= 4 is 22.8 Å². The van der Waals surface area contributed by atoms with E-state index < -0.39 is 0 Å². The average molecular weight is 274 g/mol. The van der Waals surface area contributed by atoms with Gasteiger partial charge in [0.2, 0.25) is 0 Å². The van der Waals surface area contributed by atoms with E-state index in [1.54, 1.807) is 24.6 Å². The van der Waals surface area contributed by atoms with Crippen molar-refractivity contribution < 1.29 is 4.74 Å². The highest BCUT2D eigenvalue weighted by Gasteiger charge is 2.10. The lowest BCUT2D eigenvalue weighted by Gasteiger charge is -2.07. The Kier molecular flexibility index (Phi) is 3.43. The molecule has 3 aromatic rings. The van der Waals surface area contributed by atoms with E-state index in [9.17, 15) is 0 Å². The molecule has 0 aliphatic rings. The van der Waals surface area contributed by atoms with Crippen LogP contribution in [-0.2, 0) is 4.74 Å². The molecule has 0 spiro atoms. The molecule has 0 radical (unpaired) electrons. The smallest absolute Gasteiger partial charge is 0.165 e. The van der Waals surface area contributed by atoms with Crippen molar-refractivity contribution in [2.75, 3.05) is 25.6 Å². The van der Waals surface area contributed by atoms with Gasteiger partial charge in [-0.15, -0.1) is 0 Å². The highest BCUT2D eigenvalue weighted by atomic mass is 32.1. The molecule has 0 unspecified atom stereocenters. The molecular formula is C13H14N4OS. The highest BCUT2D eigenvalue weighted by molar-refractivity contribution is 7.08. The molecule has 3 heterocycles. The zero-order valence-electron chi connectivity index (χ0n) is 10.5. The standard InChI is InChI=1S/C13H14N4OS/c1-18-6-5-14-12-2-4-15-13-11(8-16-17(12)13)10-3-7-19-9-10/h2-4,7-9,14H,5-6H2,1H3. The van der Waals surface area contributed by atoms with Crippen molar-refractivity contribution in [1.29, 1.82) is 0 Å². The Morgan fingerprint density at radius 3 is 3.16 bits per heavy atom. The molecule has 0 amide bonds. The Bertz CT molecular complexity index is 662. The molecule has 6 heteroatoms. The quantitative estimate of drug-likeness (QED) is 0.726. The van der Waals surface area contributed by atoms with Gasteiger partial charge in [0.1, 0.15) is 5.82 Å². The Labute approximate surface area is 114 Å². The van der Waals surface area contributed by atoms with Crippen LogP contribution in [0.1, 0.15) is 0 Å². The van der Waals surface area contributed by atoms with E-state index in [4.69, 9.17) is 4.74 Å². The molecule has 3 aromatic heterocycles. The molecule has 0 atom stereocenters. The lowest BCUT2D eigenvalue weighted by molar-refractivity contribution is 0.210. The summed E-state index contributed by atoms with van der Waals surface area (Å²) in [7, 11) is 1.69.